The number of rotatable bonds is 18. The summed E-state index contributed by atoms with van der Waals surface area (Å²) in [6.07, 6.45) is -16.3. The van der Waals surface area contributed by atoms with Gasteiger partial charge in [0.05, 0.1) is 61.8 Å². The summed E-state index contributed by atoms with van der Waals surface area (Å²) in [7, 11) is 6.43. The molecule has 1 unspecified atom stereocenters. The van der Waals surface area contributed by atoms with E-state index in [4.69, 9.17) is 73.3 Å². The number of aliphatic hydroxyl groups is 10. The summed E-state index contributed by atoms with van der Waals surface area (Å²) >= 11 is 0. The molecule has 0 spiro atoms. The van der Waals surface area contributed by atoms with Crippen LogP contribution < -0.4 is 0 Å². The molecule has 0 aromatic carbocycles. The minimum Gasteiger partial charge on any atom is -0.479 e. The number of aliphatic carboxylic acids is 1. The maximum atomic E-state index is 13.8. The monoisotopic (exact) mass is 1110 g/mol. The largest absolute Gasteiger partial charge is 0.479 e. The second kappa shape index (κ2) is 31.3. The van der Waals surface area contributed by atoms with Gasteiger partial charge < -0.3 is 108 Å². The van der Waals surface area contributed by atoms with Crippen LogP contribution in [-0.2, 0) is 61.8 Å². The van der Waals surface area contributed by atoms with E-state index in [1.165, 1.54) is 27.2 Å². The fourth-order valence-electron chi connectivity index (χ4n) is 10.2. The van der Waals surface area contributed by atoms with Crippen LogP contribution in [0.3, 0.4) is 0 Å². The molecule has 11 N–H and O–H groups in total. The molecule has 25 nitrogen and oxygen atoms in total. The number of aldehydes is 1. The lowest BCUT2D eigenvalue weighted by Crippen LogP contribution is -2.65. The van der Waals surface area contributed by atoms with Gasteiger partial charge in [0.25, 0.3) is 0 Å². The van der Waals surface area contributed by atoms with Gasteiger partial charge in [-0.1, -0.05) is 38.5 Å². The van der Waals surface area contributed by atoms with Crippen molar-refractivity contribution in [1.29, 1.82) is 0 Å². The van der Waals surface area contributed by atoms with Gasteiger partial charge in [-0.25, -0.2) is 4.79 Å². The molecule has 4 aliphatic heterocycles. The van der Waals surface area contributed by atoms with Crippen LogP contribution in [0.25, 0.3) is 0 Å². The first-order chi connectivity index (χ1) is 36.0. The van der Waals surface area contributed by atoms with E-state index >= 15 is 0 Å². The Bertz CT molecular complexity index is 1890. The van der Waals surface area contributed by atoms with E-state index in [1.54, 1.807) is 59.7 Å². The highest BCUT2D eigenvalue weighted by Crippen LogP contribution is 2.38. The molecule has 4 aliphatic rings. The molecular weight excluding hydrogens is 1020 g/mol. The number of likely N-dealkylation sites (N-methyl/N-ethyl adjacent to an activating group) is 1. The Hall–Kier alpha value is -3.00. The molecule has 446 valence electrons. The van der Waals surface area contributed by atoms with E-state index in [0.717, 1.165) is 6.29 Å². The molecule has 25 atom stereocenters. The molecule has 0 amide bonds. The molecule has 25 heteroatoms. The highest BCUT2D eigenvalue weighted by molar-refractivity contribution is 5.91. The van der Waals surface area contributed by atoms with Crippen molar-refractivity contribution in [1.82, 2.24) is 4.90 Å². The minimum atomic E-state index is -2.20. The molecular formula is C52H89NO24. The van der Waals surface area contributed by atoms with Gasteiger partial charge in [0.15, 0.2) is 30.8 Å². The van der Waals surface area contributed by atoms with Crippen molar-refractivity contribution >= 4 is 24.0 Å². The number of methoxy groups -OCH3 is 2. The fraction of sp³-hybridized carbons (Fsp3) is 0.846. The number of nitrogens with zero attached hydrogens (tertiary/aromatic N) is 1. The van der Waals surface area contributed by atoms with Crippen molar-refractivity contribution in [3.8, 4) is 0 Å². The van der Waals surface area contributed by atoms with Crippen LogP contribution >= 0.6 is 0 Å². The fourth-order valence-corrected chi connectivity index (χ4v) is 10.2. The number of carbonyl (C=O) groups excluding carboxylic acids is 3. The Labute approximate surface area is 450 Å². The predicted octanol–water partition coefficient (Wildman–Crippen LogP) is -1.66. The second-order valence-corrected chi connectivity index (χ2v) is 21.3. The molecule has 4 rings (SSSR count). The van der Waals surface area contributed by atoms with Crippen LogP contribution in [0.1, 0.15) is 87.5 Å². The normalized spacial score (nSPS) is 41.6. The zero-order valence-corrected chi connectivity index (χ0v) is 46.3. The molecule has 77 heavy (non-hydrogen) atoms. The lowest BCUT2D eigenvalue weighted by molar-refractivity contribution is -0.341. The number of carboxylic acids is 1. The first-order valence-corrected chi connectivity index (χ1v) is 26.1. The third kappa shape index (κ3) is 18.5. The van der Waals surface area contributed by atoms with Crippen LogP contribution in [0.15, 0.2) is 23.8 Å². The topological polar surface area (TPSA) is 377 Å². The molecule has 0 aromatic heterocycles. The molecule has 4 heterocycles. The molecule has 0 bridgehead atoms. The van der Waals surface area contributed by atoms with E-state index in [1.807, 2.05) is 19.9 Å². The SMILES string of the molecule is CC[C@H]1OC(=O)C[C@@H](O)[C@H](C)[C@@H](O[C@@H]2O[C@H](C)[C@@H](O[C@H]3C[C@@](C)(O)[C@@H](O)[C@H](C)O3)[C@H](N(C)C)[C@H]2O)[C@@H](CC=O)C[C@@H](C)C(=O)/C=C/C(C)=C/C1CO[C@@H]1O[C@H](C)[C@@H](O)[C@@H](OC)[C@H]1OC.O=C(O)[C@H](O)[C@@H](O)[C@H](O)[C@H](O)CO. The average Bonchev–Trinajstić information content (AvgIpc) is 3.37. The zero-order chi connectivity index (χ0) is 58.4. The maximum Gasteiger partial charge on any atom is 0.335 e. The summed E-state index contributed by atoms with van der Waals surface area (Å²) in [6, 6.07) is -0.748. The van der Waals surface area contributed by atoms with Gasteiger partial charge in [-0.2, -0.15) is 0 Å². The van der Waals surface area contributed by atoms with Gasteiger partial charge >= 0.3 is 11.9 Å². The van der Waals surface area contributed by atoms with Crippen LogP contribution in [0.2, 0.25) is 0 Å². The molecule has 3 saturated heterocycles. The van der Waals surface area contributed by atoms with E-state index in [0.29, 0.717) is 12.0 Å². The number of ketones is 1. The summed E-state index contributed by atoms with van der Waals surface area (Å²) in [6.45, 7) is 12.8. The summed E-state index contributed by atoms with van der Waals surface area (Å²) in [5, 5.41) is 108. The Kier molecular flexibility index (Phi) is 27.7. The number of esters is 1. The summed E-state index contributed by atoms with van der Waals surface area (Å²) in [4.78, 5) is 51.6. The van der Waals surface area contributed by atoms with E-state index in [9.17, 15) is 44.7 Å². The number of carbonyl (C=O) groups is 4. The Morgan fingerprint density at radius 3 is 2.03 bits per heavy atom. The van der Waals surface area contributed by atoms with Crippen molar-refractivity contribution in [3.63, 3.8) is 0 Å². The van der Waals surface area contributed by atoms with Crippen molar-refractivity contribution < 1.29 is 118 Å². The third-order valence-electron chi connectivity index (χ3n) is 14.9. The van der Waals surface area contributed by atoms with Crippen molar-refractivity contribution in [3.05, 3.63) is 23.8 Å². The quantitative estimate of drug-likeness (QED) is 0.0540. The Balaban J connectivity index is 0.00000105. The molecule has 0 radical (unpaired) electrons. The van der Waals surface area contributed by atoms with E-state index in [2.05, 4.69) is 0 Å². The average molecular weight is 1110 g/mol. The summed E-state index contributed by atoms with van der Waals surface area (Å²) in [5.41, 5.74) is -0.806. The summed E-state index contributed by atoms with van der Waals surface area (Å²) in [5.74, 6) is -5.31. The maximum absolute atomic E-state index is 13.8. The predicted molar refractivity (Wildman–Crippen MR) is 269 cm³/mol. The number of hydrogen-bond donors (Lipinski definition) is 11. The van der Waals surface area contributed by atoms with Gasteiger partial charge in [-0.05, 0) is 73.5 Å². The highest BCUT2D eigenvalue weighted by Gasteiger charge is 2.52. The number of ether oxygens (including phenoxy) is 9. The minimum absolute atomic E-state index is 0.00788. The van der Waals surface area contributed by atoms with Crippen molar-refractivity contribution in [2.75, 3.05) is 41.5 Å². The Morgan fingerprint density at radius 1 is 0.857 bits per heavy atom. The Morgan fingerprint density at radius 2 is 1.48 bits per heavy atom. The number of cyclic esters (lactones) is 1. The first-order valence-electron chi connectivity index (χ1n) is 26.1. The van der Waals surface area contributed by atoms with Crippen molar-refractivity contribution in [2.45, 2.75) is 216 Å². The first kappa shape index (κ1) is 68.3. The van der Waals surface area contributed by atoms with Gasteiger partial charge in [-0.15, -0.1) is 0 Å². The summed E-state index contributed by atoms with van der Waals surface area (Å²) < 4.78 is 54.7. The molecule has 0 aliphatic carbocycles. The standard InChI is InChI=1S/C46H77NO17.C6H12O7/c1-13-33-30(22-58-45-42(57-12)41(56-11)37(52)26(5)60-45)18-23(2)14-15-31(49)24(3)19-29(16-17-48)39(25(4)32(50)20-34(51)62-33)64-44-38(53)36(47(9)10)40(27(6)61-44)63-35-21-46(8,55)43(54)28(7)59-35;7-1-2(8)3(9)4(10)5(11)6(12)13/h14-15,17-18,24-30,32-33,35-45,50,52-55H,13,16,19-22H2,1-12H3;2-5,7-11H,1H2,(H,12,13)/b15-14+,23-18+;/t24-,25+,26-,27-,28+,29+,30?,32-,33-,35+,36-,37-,38-,39-,40-,41-,42-,43+,44+,45-,46-;2-,3-,4+,5-/m11/s1. The number of aliphatic hydroxyl groups excluding tert-OH is 9. The molecule has 3 fully saturated rings. The van der Waals surface area contributed by atoms with Crippen LogP contribution in [0.5, 0.6) is 0 Å². The van der Waals surface area contributed by atoms with Gasteiger partial charge in [-0.3, -0.25) is 9.59 Å². The van der Waals surface area contributed by atoms with Crippen molar-refractivity contribution in [2.24, 2.45) is 23.7 Å². The van der Waals surface area contributed by atoms with Crippen LogP contribution in [-0.4, -0.2) is 255 Å². The van der Waals surface area contributed by atoms with E-state index < -0.39 is 177 Å². The number of carboxylic acid groups (broad SMARTS) is 1. The third-order valence-corrected chi connectivity index (χ3v) is 14.9. The van der Waals surface area contributed by atoms with Gasteiger partial charge in [0.1, 0.15) is 67.3 Å². The zero-order valence-electron chi connectivity index (χ0n) is 46.3. The highest BCUT2D eigenvalue weighted by atomic mass is 16.7. The second-order valence-electron chi connectivity index (χ2n) is 21.3. The van der Waals surface area contributed by atoms with Crippen LogP contribution in [0, 0.1) is 23.7 Å². The number of allylic oxidation sites excluding steroid dienone is 3. The van der Waals surface area contributed by atoms with Gasteiger partial charge in [0.2, 0.25) is 0 Å². The van der Waals surface area contributed by atoms with Crippen LogP contribution in [0.4, 0.5) is 0 Å². The number of hydrogen-bond acceptors (Lipinski definition) is 24. The lowest BCUT2D eigenvalue weighted by Gasteiger charge is -2.50. The smallest absolute Gasteiger partial charge is 0.335 e. The van der Waals surface area contributed by atoms with Gasteiger partial charge in [0, 0.05) is 44.8 Å². The van der Waals surface area contributed by atoms with E-state index in [-0.39, 0.29) is 31.7 Å². The molecule has 0 aromatic rings. The molecule has 0 saturated carbocycles. The lowest BCUT2D eigenvalue weighted by atomic mass is 9.79.